The van der Waals surface area contributed by atoms with Crippen molar-refractivity contribution in [3.63, 3.8) is 0 Å². The summed E-state index contributed by atoms with van der Waals surface area (Å²) in [4.78, 5) is 12.8. The number of nitrogens with one attached hydrogen (secondary N) is 1. The van der Waals surface area contributed by atoms with E-state index in [1.165, 1.54) is 11.6 Å². The minimum absolute atomic E-state index is 0.00161. The summed E-state index contributed by atoms with van der Waals surface area (Å²) in [5, 5.41) is 2.44. The van der Waals surface area contributed by atoms with Gasteiger partial charge in [-0.05, 0) is 31.2 Å². The SMILES string of the molecule is Cc1ccc(SCCC(=O)Nc2ccc(F)cc2F)cc1. The molecule has 1 N–H and O–H groups in total. The Bertz CT molecular complexity index is 629. The molecule has 0 fully saturated rings. The van der Waals surface area contributed by atoms with E-state index in [2.05, 4.69) is 5.32 Å². The molecule has 0 radical (unpaired) electrons. The van der Waals surface area contributed by atoms with Crippen molar-refractivity contribution in [3.05, 3.63) is 59.7 Å². The van der Waals surface area contributed by atoms with Gasteiger partial charge in [0.25, 0.3) is 0 Å². The molecule has 0 spiro atoms. The van der Waals surface area contributed by atoms with Gasteiger partial charge in [-0.1, -0.05) is 17.7 Å². The minimum atomic E-state index is -0.769. The summed E-state index contributed by atoms with van der Waals surface area (Å²) in [5.74, 6) is -1.13. The summed E-state index contributed by atoms with van der Waals surface area (Å²) in [5.41, 5.74) is 1.19. The van der Waals surface area contributed by atoms with Crippen LogP contribution in [0, 0.1) is 18.6 Å². The summed E-state index contributed by atoms with van der Waals surface area (Å²) < 4.78 is 26.1. The van der Waals surface area contributed by atoms with Gasteiger partial charge in [-0.25, -0.2) is 8.78 Å². The summed E-state index contributed by atoms with van der Waals surface area (Å²) in [6.07, 6.45) is 0.259. The quantitative estimate of drug-likeness (QED) is 0.830. The third kappa shape index (κ3) is 4.86. The van der Waals surface area contributed by atoms with E-state index in [1.54, 1.807) is 11.8 Å². The number of halogens is 2. The van der Waals surface area contributed by atoms with Gasteiger partial charge in [0.05, 0.1) is 5.69 Å². The molecule has 2 nitrogen and oxygen atoms in total. The molecule has 2 rings (SSSR count). The van der Waals surface area contributed by atoms with Crippen molar-refractivity contribution < 1.29 is 13.6 Å². The fourth-order valence-corrected chi connectivity index (χ4v) is 2.55. The Labute approximate surface area is 126 Å². The Morgan fingerprint density at radius 3 is 2.52 bits per heavy atom. The molecule has 0 aromatic heterocycles. The molecule has 0 bridgehead atoms. The lowest BCUT2D eigenvalue weighted by Gasteiger charge is -2.06. The number of thioether (sulfide) groups is 1. The van der Waals surface area contributed by atoms with E-state index < -0.39 is 11.6 Å². The number of amides is 1. The summed E-state index contributed by atoms with van der Waals surface area (Å²) in [7, 11) is 0. The highest BCUT2D eigenvalue weighted by Crippen LogP contribution is 2.20. The van der Waals surface area contributed by atoms with E-state index in [1.807, 2.05) is 31.2 Å². The van der Waals surface area contributed by atoms with Crippen molar-refractivity contribution in [1.82, 2.24) is 0 Å². The van der Waals surface area contributed by atoms with Crippen LogP contribution in [0.15, 0.2) is 47.4 Å². The van der Waals surface area contributed by atoms with Gasteiger partial charge in [-0.15, -0.1) is 11.8 Å². The number of hydrogen-bond acceptors (Lipinski definition) is 2. The van der Waals surface area contributed by atoms with Gasteiger partial charge in [0, 0.05) is 23.1 Å². The Kier molecular flexibility index (Phi) is 5.33. The first-order valence-electron chi connectivity index (χ1n) is 6.49. The molecule has 0 heterocycles. The highest BCUT2D eigenvalue weighted by atomic mass is 32.2. The van der Waals surface area contributed by atoms with Crippen molar-refractivity contribution >= 4 is 23.4 Å². The highest BCUT2D eigenvalue weighted by molar-refractivity contribution is 7.99. The number of rotatable bonds is 5. The number of benzene rings is 2. The van der Waals surface area contributed by atoms with Crippen LogP contribution in [-0.4, -0.2) is 11.7 Å². The van der Waals surface area contributed by atoms with Crippen molar-refractivity contribution in [2.24, 2.45) is 0 Å². The van der Waals surface area contributed by atoms with Gasteiger partial charge in [0.15, 0.2) is 0 Å². The molecule has 2 aromatic carbocycles. The topological polar surface area (TPSA) is 29.1 Å². The van der Waals surface area contributed by atoms with Crippen molar-refractivity contribution in [1.29, 1.82) is 0 Å². The molecule has 1 amide bonds. The third-order valence-corrected chi connectivity index (χ3v) is 3.84. The lowest BCUT2D eigenvalue weighted by atomic mass is 10.2. The van der Waals surface area contributed by atoms with Crippen molar-refractivity contribution in [2.75, 3.05) is 11.1 Å². The maximum absolute atomic E-state index is 13.4. The fourth-order valence-electron chi connectivity index (χ4n) is 1.70. The number of carbonyl (C=O) groups excluding carboxylic acids is 1. The Balaban J connectivity index is 1.81. The molecular formula is C16H15F2NOS. The maximum Gasteiger partial charge on any atom is 0.225 e. The van der Waals surface area contributed by atoms with E-state index in [0.29, 0.717) is 5.75 Å². The van der Waals surface area contributed by atoms with Gasteiger partial charge in [0.2, 0.25) is 5.91 Å². The minimum Gasteiger partial charge on any atom is -0.324 e. The Morgan fingerprint density at radius 2 is 1.86 bits per heavy atom. The second-order valence-corrected chi connectivity index (χ2v) is 5.75. The third-order valence-electron chi connectivity index (χ3n) is 2.82. The number of anilines is 1. The predicted octanol–water partition coefficient (Wildman–Crippen LogP) is 4.39. The van der Waals surface area contributed by atoms with Crippen LogP contribution in [-0.2, 0) is 4.79 Å². The average Bonchev–Trinajstić information content (AvgIpc) is 2.44. The largest absolute Gasteiger partial charge is 0.324 e. The van der Waals surface area contributed by atoms with Gasteiger partial charge in [-0.3, -0.25) is 4.79 Å². The number of carbonyl (C=O) groups is 1. The van der Waals surface area contributed by atoms with E-state index >= 15 is 0 Å². The van der Waals surface area contributed by atoms with E-state index in [9.17, 15) is 13.6 Å². The second kappa shape index (κ2) is 7.22. The Hall–Kier alpha value is -1.88. The van der Waals surface area contributed by atoms with E-state index in [0.717, 1.165) is 17.0 Å². The average molecular weight is 307 g/mol. The maximum atomic E-state index is 13.4. The van der Waals surface area contributed by atoms with E-state index in [4.69, 9.17) is 0 Å². The van der Waals surface area contributed by atoms with Crippen LogP contribution in [0.3, 0.4) is 0 Å². The van der Waals surface area contributed by atoms with E-state index in [-0.39, 0.29) is 18.0 Å². The molecule has 0 unspecified atom stereocenters. The predicted molar refractivity (Wildman–Crippen MR) is 81.5 cm³/mol. The zero-order valence-electron chi connectivity index (χ0n) is 11.5. The zero-order valence-corrected chi connectivity index (χ0v) is 12.3. The van der Waals surface area contributed by atoms with Crippen LogP contribution in [0.25, 0.3) is 0 Å². The van der Waals surface area contributed by atoms with Crippen LogP contribution >= 0.6 is 11.8 Å². The fraction of sp³-hybridized carbons (Fsp3) is 0.188. The molecule has 0 saturated carbocycles. The smallest absolute Gasteiger partial charge is 0.225 e. The lowest BCUT2D eigenvalue weighted by Crippen LogP contribution is -2.13. The summed E-state index contributed by atoms with van der Waals surface area (Å²) in [6.45, 7) is 2.01. The molecule has 5 heteroatoms. The van der Waals surface area contributed by atoms with Gasteiger partial charge in [0.1, 0.15) is 11.6 Å². The first kappa shape index (κ1) is 15.5. The zero-order chi connectivity index (χ0) is 15.2. The van der Waals surface area contributed by atoms with Crippen LogP contribution < -0.4 is 5.32 Å². The van der Waals surface area contributed by atoms with Crippen molar-refractivity contribution in [3.8, 4) is 0 Å². The molecule has 0 aliphatic rings. The molecule has 0 saturated heterocycles. The van der Waals surface area contributed by atoms with Crippen molar-refractivity contribution in [2.45, 2.75) is 18.2 Å². The summed E-state index contributed by atoms with van der Waals surface area (Å²) in [6, 6.07) is 11.1. The second-order valence-electron chi connectivity index (χ2n) is 4.58. The molecule has 21 heavy (non-hydrogen) atoms. The normalized spacial score (nSPS) is 10.4. The molecule has 2 aromatic rings. The number of hydrogen-bond donors (Lipinski definition) is 1. The lowest BCUT2D eigenvalue weighted by molar-refractivity contribution is -0.115. The first-order chi connectivity index (χ1) is 10.0. The highest BCUT2D eigenvalue weighted by Gasteiger charge is 2.08. The van der Waals surface area contributed by atoms with Crippen LogP contribution in [0.5, 0.6) is 0 Å². The molecule has 0 aliphatic heterocycles. The summed E-state index contributed by atoms with van der Waals surface area (Å²) >= 11 is 1.56. The monoisotopic (exact) mass is 307 g/mol. The van der Waals surface area contributed by atoms with Gasteiger partial charge < -0.3 is 5.32 Å². The van der Waals surface area contributed by atoms with Crippen LogP contribution in [0.1, 0.15) is 12.0 Å². The van der Waals surface area contributed by atoms with Crippen LogP contribution in [0.2, 0.25) is 0 Å². The molecule has 110 valence electrons. The van der Waals surface area contributed by atoms with Crippen LogP contribution in [0.4, 0.5) is 14.5 Å². The molecule has 0 aliphatic carbocycles. The van der Waals surface area contributed by atoms with Gasteiger partial charge >= 0.3 is 0 Å². The first-order valence-corrected chi connectivity index (χ1v) is 7.47. The number of aryl methyl sites for hydroxylation is 1. The Morgan fingerprint density at radius 1 is 1.14 bits per heavy atom. The van der Waals surface area contributed by atoms with Gasteiger partial charge in [-0.2, -0.15) is 0 Å². The standard InChI is InChI=1S/C16H15F2NOS/c1-11-2-5-13(6-3-11)21-9-8-16(20)19-15-7-4-12(17)10-14(15)18/h2-7,10H,8-9H2,1H3,(H,19,20). The molecule has 0 atom stereocenters. The molecular weight excluding hydrogens is 292 g/mol.